The van der Waals surface area contributed by atoms with Crippen LogP contribution in [0.2, 0.25) is 0 Å². The van der Waals surface area contributed by atoms with Crippen LogP contribution >= 0.6 is 38.5 Å². The number of anilines is 1. The SMILES string of the molecule is Cc1cc(N2CC(CI)OC2=O)ccc1Br. The van der Waals surface area contributed by atoms with Gasteiger partial charge >= 0.3 is 6.09 Å². The maximum atomic E-state index is 11.6. The van der Waals surface area contributed by atoms with Crippen molar-refractivity contribution in [3.8, 4) is 0 Å². The summed E-state index contributed by atoms with van der Waals surface area (Å²) in [6, 6.07) is 5.87. The van der Waals surface area contributed by atoms with Crippen LogP contribution in [0.1, 0.15) is 5.56 Å². The zero-order valence-corrected chi connectivity index (χ0v) is 12.5. The number of aryl methyl sites for hydroxylation is 1. The first-order valence-electron chi connectivity index (χ1n) is 4.92. The molecule has 16 heavy (non-hydrogen) atoms. The number of rotatable bonds is 2. The molecule has 5 heteroatoms. The number of carbonyl (C=O) groups is 1. The number of carbonyl (C=O) groups excluding carboxylic acids is 1. The van der Waals surface area contributed by atoms with Gasteiger partial charge in [-0.15, -0.1) is 0 Å². The largest absolute Gasteiger partial charge is 0.443 e. The van der Waals surface area contributed by atoms with Crippen LogP contribution in [0.5, 0.6) is 0 Å². The van der Waals surface area contributed by atoms with Crippen LogP contribution in [-0.4, -0.2) is 23.2 Å². The van der Waals surface area contributed by atoms with Crippen molar-refractivity contribution >= 4 is 50.3 Å². The van der Waals surface area contributed by atoms with Gasteiger partial charge in [-0.2, -0.15) is 0 Å². The van der Waals surface area contributed by atoms with Crippen molar-refractivity contribution in [2.24, 2.45) is 0 Å². The van der Waals surface area contributed by atoms with E-state index in [2.05, 4.69) is 38.5 Å². The average Bonchev–Trinajstić information content (AvgIpc) is 2.64. The monoisotopic (exact) mass is 395 g/mol. The van der Waals surface area contributed by atoms with Gasteiger partial charge in [0.25, 0.3) is 0 Å². The molecule has 3 nitrogen and oxygen atoms in total. The van der Waals surface area contributed by atoms with Crippen LogP contribution in [0.15, 0.2) is 22.7 Å². The summed E-state index contributed by atoms with van der Waals surface area (Å²) in [5.74, 6) is 0. The molecule has 1 atom stereocenters. The summed E-state index contributed by atoms with van der Waals surface area (Å²) in [5.41, 5.74) is 2.02. The molecule has 0 bridgehead atoms. The van der Waals surface area contributed by atoms with Gasteiger partial charge in [0.15, 0.2) is 0 Å². The molecule has 1 fully saturated rings. The van der Waals surface area contributed by atoms with Crippen LogP contribution in [0.4, 0.5) is 10.5 Å². The number of hydrogen-bond donors (Lipinski definition) is 0. The molecule has 0 aromatic heterocycles. The molecule has 1 aliphatic heterocycles. The summed E-state index contributed by atoms with van der Waals surface area (Å²) in [6.45, 7) is 2.65. The minimum atomic E-state index is -0.247. The lowest BCUT2D eigenvalue weighted by molar-refractivity contribution is 0.153. The van der Waals surface area contributed by atoms with Crippen LogP contribution in [0.25, 0.3) is 0 Å². The van der Waals surface area contributed by atoms with Crippen molar-refractivity contribution in [3.63, 3.8) is 0 Å². The molecule has 1 aliphatic rings. The zero-order chi connectivity index (χ0) is 11.7. The summed E-state index contributed by atoms with van der Waals surface area (Å²) < 4.78 is 7.09. The minimum Gasteiger partial charge on any atom is -0.443 e. The Morgan fingerprint density at radius 1 is 1.62 bits per heavy atom. The van der Waals surface area contributed by atoms with Gasteiger partial charge < -0.3 is 4.74 Å². The van der Waals surface area contributed by atoms with Crippen molar-refractivity contribution < 1.29 is 9.53 Å². The van der Waals surface area contributed by atoms with Crippen LogP contribution in [0, 0.1) is 6.92 Å². The maximum absolute atomic E-state index is 11.6. The van der Waals surface area contributed by atoms with Gasteiger partial charge in [-0.3, -0.25) is 4.90 Å². The van der Waals surface area contributed by atoms with Crippen molar-refractivity contribution in [2.75, 3.05) is 15.9 Å². The van der Waals surface area contributed by atoms with Gasteiger partial charge in [0.1, 0.15) is 6.10 Å². The van der Waals surface area contributed by atoms with Crippen molar-refractivity contribution in [1.82, 2.24) is 0 Å². The quantitative estimate of drug-likeness (QED) is 0.566. The van der Waals surface area contributed by atoms with Gasteiger partial charge in [0.05, 0.1) is 6.54 Å². The molecular formula is C11H11BrINO2. The first-order valence-corrected chi connectivity index (χ1v) is 7.24. The van der Waals surface area contributed by atoms with E-state index in [0.717, 1.165) is 20.2 Å². The minimum absolute atomic E-state index is 0.0112. The molecule has 1 unspecified atom stereocenters. The number of alkyl halides is 1. The van der Waals surface area contributed by atoms with Crippen LogP contribution in [-0.2, 0) is 4.74 Å². The van der Waals surface area contributed by atoms with E-state index in [9.17, 15) is 4.79 Å². The first kappa shape index (κ1) is 12.2. The maximum Gasteiger partial charge on any atom is 0.414 e. The van der Waals surface area contributed by atoms with Gasteiger partial charge in [-0.25, -0.2) is 4.79 Å². The van der Waals surface area contributed by atoms with Gasteiger partial charge in [0, 0.05) is 14.6 Å². The lowest BCUT2D eigenvalue weighted by atomic mass is 10.2. The van der Waals surface area contributed by atoms with Gasteiger partial charge in [-0.05, 0) is 30.7 Å². The topological polar surface area (TPSA) is 29.5 Å². The van der Waals surface area contributed by atoms with Crippen molar-refractivity contribution in [3.05, 3.63) is 28.2 Å². The van der Waals surface area contributed by atoms with E-state index in [1.807, 2.05) is 25.1 Å². The molecule has 0 aliphatic carbocycles. The summed E-state index contributed by atoms with van der Waals surface area (Å²) in [7, 11) is 0. The normalized spacial score (nSPS) is 20.1. The zero-order valence-electron chi connectivity index (χ0n) is 8.74. The van der Waals surface area contributed by atoms with E-state index in [0.29, 0.717) is 6.54 Å². The second-order valence-corrected chi connectivity index (χ2v) is 5.44. The molecule has 1 aromatic carbocycles. The average molecular weight is 396 g/mol. The second kappa shape index (κ2) is 4.91. The summed E-state index contributed by atoms with van der Waals surface area (Å²) in [4.78, 5) is 13.3. The van der Waals surface area contributed by atoms with E-state index in [4.69, 9.17) is 4.74 Å². The first-order chi connectivity index (χ1) is 7.61. The molecule has 1 saturated heterocycles. The molecule has 1 aromatic rings. The third-order valence-corrected chi connectivity index (χ3v) is 4.37. The Hall–Kier alpha value is -0.300. The Morgan fingerprint density at radius 3 is 2.94 bits per heavy atom. The number of benzene rings is 1. The summed E-state index contributed by atoms with van der Waals surface area (Å²) in [6.07, 6.45) is -0.236. The van der Waals surface area contributed by atoms with Crippen LogP contribution < -0.4 is 4.90 Å². The molecule has 86 valence electrons. The van der Waals surface area contributed by atoms with Crippen LogP contribution in [0.3, 0.4) is 0 Å². The predicted molar refractivity (Wildman–Crippen MR) is 75.4 cm³/mol. The van der Waals surface area contributed by atoms with E-state index >= 15 is 0 Å². The van der Waals surface area contributed by atoms with Crippen molar-refractivity contribution in [1.29, 1.82) is 0 Å². The Balaban J connectivity index is 2.24. The lowest BCUT2D eigenvalue weighted by Gasteiger charge is -2.13. The highest BCUT2D eigenvalue weighted by Gasteiger charge is 2.31. The third kappa shape index (κ3) is 2.34. The standard InChI is InChI=1S/C11H11BrINO2/c1-7-4-8(2-3-10(7)12)14-6-9(5-13)16-11(14)15/h2-4,9H,5-6H2,1H3. The van der Waals surface area contributed by atoms with Crippen molar-refractivity contribution in [2.45, 2.75) is 13.0 Å². The second-order valence-electron chi connectivity index (χ2n) is 3.70. The summed E-state index contributed by atoms with van der Waals surface area (Å²) in [5, 5.41) is 0. The lowest BCUT2D eigenvalue weighted by Crippen LogP contribution is -2.24. The molecule has 0 radical (unpaired) electrons. The highest BCUT2D eigenvalue weighted by molar-refractivity contribution is 14.1. The highest BCUT2D eigenvalue weighted by Crippen LogP contribution is 2.26. The molecule has 0 spiro atoms. The fourth-order valence-electron chi connectivity index (χ4n) is 1.61. The number of hydrogen-bond acceptors (Lipinski definition) is 2. The molecule has 0 N–H and O–H groups in total. The van der Waals surface area contributed by atoms with Gasteiger partial charge in [-0.1, -0.05) is 38.5 Å². The number of halogens is 2. The Labute approximate surface area is 116 Å². The van der Waals surface area contributed by atoms with Gasteiger partial charge in [0.2, 0.25) is 0 Å². The van der Waals surface area contributed by atoms with E-state index in [1.54, 1.807) is 4.90 Å². The number of amides is 1. The Kier molecular flexibility index (Phi) is 3.73. The van der Waals surface area contributed by atoms with E-state index < -0.39 is 0 Å². The molecule has 1 amide bonds. The third-order valence-electron chi connectivity index (χ3n) is 2.50. The smallest absolute Gasteiger partial charge is 0.414 e. The number of cyclic esters (lactones) is 1. The number of ether oxygens (including phenoxy) is 1. The highest BCUT2D eigenvalue weighted by atomic mass is 127. The molecule has 0 saturated carbocycles. The summed E-state index contributed by atoms with van der Waals surface area (Å²) >= 11 is 5.67. The Bertz CT molecular complexity index is 424. The molecule has 2 rings (SSSR count). The molecule has 1 heterocycles. The predicted octanol–water partition coefficient (Wildman–Crippen LogP) is 3.52. The van der Waals surface area contributed by atoms with E-state index in [1.165, 1.54) is 0 Å². The Morgan fingerprint density at radius 2 is 2.38 bits per heavy atom. The fourth-order valence-corrected chi connectivity index (χ4v) is 2.31. The van der Waals surface area contributed by atoms with E-state index in [-0.39, 0.29) is 12.2 Å². The fraction of sp³-hybridized carbons (Fsp3) is 0.364. The number of nitrogens with zero attached hydrogens (tertiary/aromatic N) is 1. The molecular weight excluding hydrogens is 385 g/mol.